The molecule has 0 aromatic carbocycles. The number of hydrogen-bond donors (Lipinski definition) is 14. The second-order valence-electron chi connectivity index (χ2n) is 24.6. The van der Waals surface area contributed by atoms with Gasteiger partial charge in [-0.15, -0.1) is 0 Å². The summed E-state index contributed by atoms with van der Waals surface area (Å²) in [5.74, 6) is -1.56. The van der Waals surface area contributed by atoms with Crippen LogP contribution < -0.4 is 10.6 Å². The van der Waals surface area contributed by atoms with Gasteiger partial charge < -0.3 is 100 Å². The van der Waals surface area contributed by atoms with Gasteiger partial charge in [0.25, 0.3) is 0 Å². The third kappa shape index (κ3) is 29.4. The fourth-order valence-electron chi connectivity index (χ4n) is 11.8. The molecule has 3 heterocycles. The molecule has 0 bridgehead atoms. The number of rotatable bonds is 50. The van der Waals surface area contributed by atoms with Crippen LogP contribution in [0, 0.1) is 0 Å². The third-order valence-electron chi connectivity index (χ3n) is 17.3. The van der Waals surface area contributed by atoms with Crippen LogP contribution in [0.2, 0.25) is 0 Å². The van der Waals surface area contributed by atoms with Crippen molar-refractivity contribution in [3.63, 3.8) is 0 Å². The lowest BCUT2D eigenvalue weighted by Crippen LogP contribution is -2.69. The van der Waals surface area contributed by atoms with E-state index in [9.17, 15) is 70.9 Å². The van der Waals surface area contributed by atoms with Crippen molar-refractivity contribution in [3.05, 3.63) is 0 Å². The maximum atomic E-state index is 13.8. The molecule has 22 nitrogen and oxygen atoms in total. The molecule has 502 valence electrons. The minimum atomic E-state index is -2.03. The van der Waals surface area contributed by atoms with Crippen molar-refractivity contribution in [2.75, 3.05) is 26.4 Å². The highest BCUT2D eigenvalue weighted by Crippen LogP contribution is 2.34. The fraction of sp³-hybridized carbons (Fsp3) is 0.968. The fourth-order valence-corrected chi connectivity index (χ4v) is 11.8. The molecule has 3 rings (SSSR count). The summed E-state index contributed by atoms with van der Waals surface area (Å²) in [6, 6.07) is -3.01. The molecule has 2 amide bonds. The number of aliphatic hydroxyl groups excluding tert-OH is 12. The monoisotopic (exact) mass is 1220 g/mol. The number of aliphatic hydroxyl groups is 12. The molecule has 0 aliphatic carbocycles. The first-order valence-corrected chi connectivity index (χ1v) is 33.5. The van der Waals surface area contributed by atoms with E-state index in [0.717, 1.165) is 64.7 Å². The molecule has 3 aliphatic rings. The summed E-state index contributed by atoms with van der Waals surface area (Å²) in [5, 5.41) is 136. The van der Waals surface area contributed by atoms with Gasteiger partial charge in [-0.05, 0) is 12.8 Å². The number of carbonyl (C=O) groups excluding carboxylic acids is 2. The van der Waals surface area contributed by atoms with Crippen LogP contribution in [0.5, 0.6) is 0 Å². The molecule has 0 radical (unpaired) electrons. The highest BCUT2D eigenvalue weighted by Gasteiger charge is 2.55. The van der Waals surface area contributed by atoms with Crippen LogP contribution in [0.15, 0.2) is 0 Å². The van der Waals surface area contributed by atoms with Gasteiger partial charge in [0.1, 0.15) is 85.4 Å². The highest BCUT2D eigenvalue weighted by molar-refractivity contribution is 5.80. The molecule has 85 heavy (non-hydrogen) atoms. The molecular formula is C63H120N2O20. The second-order valence-corrected chi connectivity index (χ2v) is 24.6. The number of ether oxygens (including phenoxy) is 6. The van der Waals surface area contributed by atoms with Gasteiger partial charge in [-0.25, -0.2) is 0 Å². The maximum Gasteiger partial charge on any atom is 0.249 e. The molecule has 0 saturated carbocycles. The Morgan fingerprint density at radius 2 is 0.800 bits per heavy atom. The van der Waals surface area contributed by atoms with E-state index in [-0.39, 0.29) is 12.8 Å². The van der Waals surface area contributed by atoms with Crippen molar-refractivity contribution in [2.45, 2.75) is 362 Å². The maximum absolute atomic E-state index is 13.8. The molecule has 0 unspecified atom stereocenters. The second kappa shape index (κ2) is 46.3. The molecule has 22 heteroatoms. The van der Waals surface area contributed by atoms with Crippen LogP contribution in [0.1, 0.15) is 245 Å². The van der Waals surface area contributed by atoms with Crippen LogP contribution in [0.25, 0.3) is 0 Å². The van der Waals surface area contributed by atoms with Crippen LogP contribution in [-0.2, 0) is 38.0 Å². The largest absolute Gasteiger partial charge is 0.394 e. The molecule has 3 aliphatic heterocycles. The standard InChI is InChI=1S/C63H120N2O20/c1-4-6-8-10-12-14-16-18-19-20-21-22-23-24-25-26-28-30-32-34-36-38-46(71)60(79)65-44(51(72)45(70)37-35-33-31-29-27-17-15-13-11-9-7-5-2)42-80-63-59(85-62-57(78)56(77)53(74)48(40-67)82-62)58(54(75)49(41-68)83-63)84-61-50(64-43(3)69)55(76)52(73)47(39-66)81-61/h44-59,61-63,66-68,70-78H,4-42H2,1-3H3,(H,64,69)(H,65,79)/t44-,45+,46+,47+,48+,49+,50+,51-,52-,53-,54-,55+,56-,57+,58-,59+,61+,62+,63-/m0/s1. The Morgan fingerprint density at radius 3 is 1.22 bits per heavy atom. The van der Waals surface area contributed by atoms with Crippen LogP contribution in [-0.4, -0.2) is 216 Å². The minimum absolute atomic E-state index is 0.122. The Hall–Kier alpha value is -1.78. The average Bonchev–Trinajstić information content (AvgIpc) is 1.73. The number of unbranched alkanes of at least 4 members (excludes halogenated alkanes) is 31. The van der Waals surface area contributed by atoms with Gasteiger partial charge in [-0.1, -0.05) is 226 Å². The van der Waals surface area contributed by atoms with Crippen molar-refractivity contribution >= 4 is 11.8 Å². The molecule has 0 aromatic heterocycles. The smallest absolute Gasteiger partial charge is 0.249 e. The van der Waals surface area contributed by atoms with Crippen molar-refractivity contribution in [1.29, 1.82) is 0 Å². The third-order valence-corrected chi connectivity index (χ3v) is 17.3. The number of nitrogens with one attached hydrogen (secondary N) is 2. The van der Waals surface area contributed by atoms with E-state index in [0.29, 0.717) is 12.8 Å². The Bertz CT molecular complexity index is 1660. The lowest BCUT2D eigenvalue weighted by atomic mass is 9.95. The number of hydrogen-bond acceptors (Lipinski definition) is 20. The SMILES string of the molecule is CCCCCCCCCCCCCCCCCCCCCCC[C@@H](O)C(=O)N[C@@H](CO[C@H]1O[C@H](CO)[C@H](O)[C@H](O[C@H]2O[C@H](CO)[C@H](O)[C@H](O)[C@H]2NC(C)=O)[C@H]1O[C@H]1O[C@H](CO)[C@H](O)[C@H](O)[C@H]1O)[C@H](O)[C@H](O)CCCCCCCCCCCCCC. The Morgan fingerprint density at radius 1 is 0.435 bits per heavy atom. The van der Waals surface area contributed by atoms with Gasteiger partial charge in [0.15, 0.2) is 18.9 Å². The predicted molar refractivity (Wildman–Crippen MR) is 319 cm³/mol. The Labute approximate surface area is 508 Å². The quantitative estimate of drug-likeness (QED) is 0.0362. The van der Waals surface area contributed by atoms with Gasteiger partial charge in [0.2, 0.25) is 11.8 Å². The van der Waals surface area contributed by atoms with Gasteiger partial charge in [-0.3, -0.25) is 9.59 Å². The van der Waals surface area contributed by atoms with Crippen LogP contribution in [0.3, 0.4) is 0 Å². The van der Waals surface area contributed by atoms with E-state index in [1.54, 1.807) is 0 Å². The molecule has 0 spiro atoms. The first kappa shape index (κ1) is 77.5. The normalized spacial score (nSPS) is 29.6. The first-order valence-electron chi connectivity index (χ1n) is 33.5. The lowest BCUT2D eigenvalue weighted by Gasteiger charge is -2.49. The van der Waals surface area contributed by atoms with E-state index in [2.05, 4.69) is 24.5 Å². The summed E-state index contributed by atoms with van der Waals surface area (Å²) < 4.78 is 36.0. The van der Waals surface area contributed by atoms with Crippen molar-refractivity contribution in [1.82, 2.24) is 10.6 Å². The van der Waals surface area contributed by atoms with E-state index in [1.165, 1.54) is 141 Å². The van der Waals surface area contributed by atoms with Gasteiger partial charge in [0, 0.05) is 6.92 Å². The first-order chi connectivity index (χ1) is 41.0. The average molecular weight is 1230 g/mol. The summed E-state index contributed by atoms with van der Waals surface area (Å²) >= 11 is 0. The zero-order valence-electron chi connectivity index (χ0n) is 52.2. The van der Waals surface area contributed by atoms with E-state index in [4.69, 9.17) is 28.4 Å². The van der Waals surface area contributed by atoms with E-state index in [1.807, 2.05) is 0 Å². The van der Waals surface area contributed by atoms with Gasteiger partial charge >= 0.3 is 0 Å². The summed E-state index contributed by atoms with van der Waals surface area (Å²) in [7, 11) is 0. The molecule has 3 fully saturated rings. The zero-order chi connectivity index (χ0) is 62.4. The van der Waals surface area contributed by atoms with Gasteiger partial charge in [-0.2, -0.15) is 0 Å². The lowest BCUT2D eigenvalue weighted by molar-refractivity contribution is -0.387. The van der Waals surface area contributed by atoms with Crippen LogP contribution in [0.4, 0.5) is 0 Å². The Balaban J connectivity index is 1.70. The molecule has 19 atom stereocenters. The number of amides is 2. The van der Waals surface area contributed by atoms with Gasteiger partial charge in [0.05, 0.1) is 38.6 Å². The molecule has 0 aromatic rings. The summed E-state index contributed by atoms with van der Waals surface area (Å²) in [6.07, 6.45) is 9.20. The number of carbonyl (C=O) groups is 2. The summed E-state index contributed by atoms with van der Waals surface area (Å²) in [4.78, 5) is 26.2. The summed E-state index contributed by atoms with van der Waals surface area (Å²) in [5.41, 5.74) is 0. The summed E-state index contributed by atoms with van der Waals surface area (Å²) in [6.45, 7) is 2.27. The highest BCUT2D eigenvalue weighted by atomic mass is 16.8. The minimum Gasteiger partial charge on any atom is -0.394 e. The topological polar surface area (TPSA) is 356 Å². The van der Waals surface area contributed by atoms with E-state index >= 15 is 0 Å². The molecule has 14 N–H and O–H groups in total. The van der Waals surface area contributed by atoms with Crippen molar-refractivity contribution in [2.24, 2.45) is 0 Å². The van der Waals surface area contributed by atoms with Crippen molar-refractivity contribution < 1.29 is 99.3 Å². The Kier molecular flexibility index (Phi) is 42.2. The molecule has 3 saturated heterocycles. The predicted octanol–water partition coefficient (Wildman–Crippen LogP) is 4.86. The van der Waals surface area contributed by atoms with Crippen molar-refractivity contribution in [3.8, 4) is 0 Å². The van der Waals surface area contributed by atoms with E-state index < -0.39 is 155 Å². The van der Waals surface area contributed by atoms with Crippen LogP contribution >= 0.6 is 0 Å². The molecular weight excluding hydrogens is 1100 g/mol. The zero-order valence-corrected chi connectivity index (χ0v) is 52.2.